The molecule has 2 aromatic heterocycles. The fourth-order valence-electron chi connectivity index (χ4n) is 4.60. The number of benzene rings is 3. The molecule has 0 saturated carbocycles. The van der Waals surface area contributed by atoms with Crippen LogP contribution in [0, 0.1) is 22.9 Å². The molecule has 9 nitrogen and oxygen atoms in total. The van der Waals surface area contributed by atoms with Crippen molar-refractivity contribution in [1.29, 1.82) is 0 Å². The number of aromatic amines is 1. The van der Waals surface area contributed by atoms with Gasteiger partial charge in [0, 0.05) is 11.3 Å². The van der Waals surface area contributed by atoms with Gasteiger partial charge in [-0.05, 0) is 74.4 Å². The molecule has 0 aliphatic heterocycles. The van der Waals surface area contributed by atoms with Crippen LogP contribution in [0.5, 0.6) is 0 Å². The van der Waals surface area contributed by atoms with Crippen LogP contribution in [-0.4, -0.2) is 25.3 Å². The van der Waals surface area contributed by atoms with E-state index < -0.39 is 33.5 Å². The predicted octanol–water partition coefficient (Wildman–Crippen LogP) is 5.28. The third kappa shape index (κ3) is 4.10. The molecule has 0 aliphatic rings. The van der Waals surface area contributed by atoms with Gasteiger partial charge in [0.1, 0.15) is 11.1 Å². The molecular formula is C28H23FN4O5. The van der Waals surface area contributed by atoms with Crippen molar-refractivity contribution >= 4 is 33.8 Å². The Balaban J connectivity index is 1.63. The normalized spacial score (nSPS) is 11.7. The van der Waals surface area contributed by atoms with Crippen LogP contribution >= 0.6 is 0 Å². The van der Waals surface area contributed by atoms with Gasteiger partial charge in [-0.25, -0.2) is 0 Å². The number of aromatic nitrogens is 2. The standard InChI is InChI=1S/C28H23FN4O5/c1-15-17(6-5-9-20(15)30-26(34)18-7-4-8-19(29)25(18)33(37)38)22-12-13-24-27(35)31-21-14-16(28(2,3)36)10-11-23(21)32(22)24/h4-14,36H,1-3H3,(H,30,34)(H,31,35). The molecule has 192 valence electrons. The Labute approximate surface area is 215 Å². The van der Waals surface area contributed by atoms with Crippen LogP contribution in [0.25, 0.3) is 27.8 Å². The minimum absolute atomic E-state index is 0.308. The van der Waals surface area contributed by atoms with E-state index in [0.29, 0.717) is 44.6 Å². The molecule has 3 aromatic carbocycles. The number of carbonyl (C=O) groups excluding carboxylic acids is 1. The van der Waals surface area contributed by atoms with Crippen LogP contribution in [0.1, 0.15) is 35.3 Å². The highest BCUT2D eigenvalue weighted by Crippen LogP contribution is 2.33. The number of rotatable bonds is 5. The molecule has 0 bridgehead atoms. The molecule has 10 heteroatoms. The van der Waals surface area contributed by atoms with Crippen molar-refractivity contribution in [3.8, 4) is 11.3 Å². The average molecular weight is 515 g/mol. The summed E-state index contributed by atoms with van der Waals surface area (Å²) in [5.41, 5.74) is 2.00. The van der Waals surface area contributed by atoms with Crippen molar-refractivity contribution in [3.05, 3.63) is 110 Å². The zero-order chi connectivity index (χ0) is 27.4. The second-order valence-electron chi connectivity index (χ2n) is 9.51. The number of hydrogen-bond acceptors (Lipinski definition) is 5. The summed E-state index contributed by atoms with van der Waals surface area (Å²) in [6.45, 7) is 5.09. The Morgan fingerprint density at radius 1 is 1.08 bits per heavy atom. The molecule has 0 atom stereocenters. The van der Waals surface area contributed by atoms with E-state index >= 15 is 0 Å². The zero-order valence-corrected chi connectivity index (χ0v) is 20.7. The fraction of sp³-hybridized carbons (Fsp3) is 0.143. The number of hydrogen-bond donors (Lipinski definition) is 3. The summed E-state index contributed by atoms with van der Waals surface area (Å²) in [4.78, 5) is 39.1. The van der Waals surface area contributed by atoms with Crippen molar-refractivity contribution in [2.45, 2.75) is 26.4 Å². The zero-order valence-electron chi connectivity index (χ0n) is 20.7. The van der Waals surface area contributed by atoms with Gasteiger partial charge < -0.3 is 19.8 Å². The Bertz CT molecular complexity index is 1830. The number of H-pyrrole nitrogens is 1. The van der Waals surface area contributed by atoms with Crippen LogP contribution in [-0.2, 0) is 5.60 Å². The first kappa shape index (κ1) is 24.8. The van der Waals surface area contributed by atoms with Gasteiger partial charge in [-0.3, -0.25) is 19.7 Å². The van der Waals surface area contributed by atoms with Crippen LogP contribution in [0.3, 0.4) is 0 Å². The molecular weight excluding hydrogens is 491 g/mol. The number of nitrogens with zero attached hydrogens (tertiary/aromatic N) is 2. The number of fused-ring (bicyclic) bond motifs is 3. The van der Waals surface area contributed by atoms with Gasteiger partial charge in [0.15, 0.2) is 0 Å². The average Bonchev–Trinajstić information content (AvgIpc) is 3.30. The molecule has 0 fully saturated rings. The fourth-order valence-corrected chi connectivity index (χ4v) is 4.60. The lowest BCUT2D eigenvalue weighted by atomic mass is 9.98. The SMILES string of the molecule is Cc1c(NC(=O)c2cccc(F)c2[N+](=O)[O-])cccc1-c1ccc2c(=O)[nH]c3cc(C(C)(C)O)ccc3n12. The highest BCUT2D eigenvalue weighted by Gasteiger charge is 2.25. The second kappa shape index (κ2) is 8.93. The van der Waals surface area contributed by atoms with Gasteiger partial charge in [0.25, 0.3) is 11.5 Å². The van der Waals surface area contributed by atoms with Gasteiger partial charge in [-0.2, -0.15) is 4.39 Å². The number of para-hydroxylation sites is 1. The maximum Gasteiger partial charge on any atom is 0.317 e. The van der Waals surface area contributed by atoms with E-state index in [1.54, 1.807) is 61.6 Å². The van der Waals surface area contributed by atoms with Crippen molar-refractivity contribution in [2.24, 2.45) is 0 Å². The number of anilines is 1. The minimum atomic E-state index is -1.10. The van der Waals surface area contributed by atoms with Crippen LogP contribution in [0.2, 0.25) is 0 Å². The molecule has 0 radical (unpaired) electrons. The monoisotopic (exact) mass is 514 g/mol. The van der Waals surface area contributed by atoms with Crippen molar-refractivity contribution in [3.63, 3.8) is 0 Å². The molecule has 3 N–H and O–H groups in total. The van der Waals surface area contributed by atoms with E-state index in [9.17, 15) is 29.2 Å². The number of nitrogens with one attached hydrogen (secondary N) is 2. The highest BCUT2D eigenvalue weighted by atomic mass is 19.1. The van der Waals surface area contributed by atoms with Crippen molar-refractivity contribution < 1.29 is 19.2 Å². The van der Waals surface area contributed by atoms with Gasteiger partial charge in [0.05, 0.1) is 27.3 Å². The van der Waals surface area contributed by atoms with E-state index in [4.69, 9.17) is 0 Å². The number of halogens is 1. The number of carbonyl (C=O) groups is 1. The maximum atomic E-state index is 14.1. The second-order valence-corrected chi connectivity index (χ2v) is 9.51. The van der Waals surface area contributed by atoms with Gasteiger partial charge in [0.2, 0.25) is 5.82 Å². The summed E-state index contributed by atoms with van der Waals surface area (Å²) in [7, 11) is 0. The van der Waals surface area contributed by atoms with Crippen LogP contribution in [0.4, 0.5) is 15.8 Å². The number of amides is 1. The molecule has 0 spiro atoms. The lowest BCUT2D eigenvalue weighted by Gasteiger charge is -2.19. The highest BCUT2D eigenvalue weighted by molar-refractivity contribution is 6.07. The largest absolute Gasteiger partial charge is 0.386 e. The molecule has 38 heavy (non-hydrogen) atoms. The summed E-state index contributed by atoms with van der Waals surface area (Å²) in [5, 5.41) is 24.4. The quantitative estimate of drug-likeness (QED) is 0.217. The third-order valence-corrected chi connectivity index (χ3v) is 6.58. The lowest BCUT2D eigenvalue weighted by Crippen LogP contribution is -2.17. The van der Waals surface area contributed by atoms with Crippen LogP contribution < -0.4 is 10.9 Å². The molecule has 0 aliphatic carbocycles. The third-order valence-electron chi connectivity index (χ3n) is 6.58. The number of aliphatic hydroxyl groups is 1. The number of nitro benzene ring substituents is 1. The lowest BCUT2D eigenvalue weighted by molar-refractivity contribution is -0.387. The van der Waals surface area contributed by atoms with E-state index in [1.165, 1.54) is 12.1 Å². The first-order valence-corrected chi connectivity index (χ1v) is 11.7. The van der Waals surface area contributed by atoms with Gasteiger partial charge in [-0.15, -0.1) is 0 Å². The summed E-state index contributed by atoms with van der Waals surface area (Å²) >= 11 is 0. The van der Waals surface area contributed by atoms with E-state index in [-0.39, 0.29) is 5.56 Å². The van der Waals surface area contributed by atoms with Crippen molar-refractivity contribution in [2.75, 3.05) is 5.32 Å². The molecule has 1 amide bonds. The first-order chi connectivity index (χ1) is 18.0. The summed E-state index contributed by atoms with van der Waals surface area (Å²) in [6, 6.07) is 17.4. The summed E-state index contributed by atoms with van der Waals surface area (Å²) in [5.74, 6) is -1.92. The van der Waals surface area contributed by atoms with Crippen molar-refractivity contribution in [1.82, 2.24) is 9.38 Å². The minimum Gasteiger partial charge on any atom is -0.386 e. The number of nitro groups is 1. The van der Waals surface area contributed by atoms with E-state index in [1.807, 2.05) is 12.1 Å². The maximum absolute atomic E-state index is 14.1. The topological polar surface area (TPSA) is 130 Å². The summed E-state index contributed by atoms with van der Waals surface area (Å²) in [6.07, 6.45) is 0. The Kier molecular flexibility index (Phi) is 5.84. The Hall–Kier alpha value is -4.83. The van der Waals surface area contributed by atoms with Gasteiger partial charge in [-0.1, -0.05) is 24.3 Å². The van der Waals surface area contributed by atoms with Crippen LogP contribution in [0.15, 0.2) is 71.5 Å². The molecule has 5 rings (SSSR count). The molecule has 0 unspecified atom stereocenters. The molecule has 2 heterocycles. The van der Waals surface area contributed by atoms with E-state index in [2.05, 4.69) is 10.3 Å². The summed E-state index contributed by atoms with van der Waals surface area (Å²) < 4.78 is 15.9. The smallest absolute Gasteiger partial charge is 0.317 e. The Morgan fingerprint density at radius 2 is 1.79 bits per heavy atom. The molecule has 0 saturated heterocycles. The van der Waals surface area contributed by atoms with Gasteiger partial charge >= 0.3 is 5.69 Å². The molecule has 5 aromatic rings. The van der Waals surface area contributed by atoms with E-state index in [0.717, 1.165) is 6.07 Å². The first-order valence-electron chi connectivity index (χ1n) is 11.7. The predicted molar refractivity (Wildman–Crippen MR) is 142 cm³/mol. The Morgan fingerprint density at radius 3 is 2.50 bits per heavy atom.